The molecule has 0 aromatic rings. The lowest BCUT2D eigenvalue weighted by Gasteiger charge is -2.12. The molecule has 0 saturated heterocycles. The van der Waals surface area contributed by atoms with Crippen LogP contribution in [-0.2, 0) is 0 Å². The summed E-state index contributed by atoms with van der Waals surface area (Å²) in [4.78, 5) is 0. The van der Waals surface area contributed by atoms with Gasteiger partial charge >= 0.3 is 0 Å². The molecule has 68 valence electrons. The number of hydrogen-bond acceptors (Lipinski definition) is 1. The van der Waals surface area contributed by atoms with E-state index in [2.05, 4.69) is 26.5 Å². The Labute approximate surface area is 75.7 Å². The van der Waals surface area contributed by atoms with Gasteiger partial charge in [0.25, 0.3) is 0 Å². The van der Waals surface area contributed by atoms with Crippen molar-refractivity contribution in [1.29, 1.82) is 0 Å². The highest BCUT2D eigenvalue weighted by Gasteiger charge is 2.06. The van der Waals surface area contributed by atoms with Crippen molar-refractivity contribution < 1.29 is 0 Å². The minimum atomic E-state index is 0.477. The van der Waals surface area contributed by atoms with Crippen molar-refractivity contribution in [3.8, 4) is 0 Å². The highest BCUT2D eigenvalue weighted by Crippen LogP contribution is 2.18. The van der Waals surface area contributed by atoms with E-state index in [1.165, 1.54) is 5.57 Å². The topological polar surface area (TPSA) is 26.0 Å². The molecule has 0 aromatic heterocycles. The smallest absolute Gasteiger partial charge is 0.0375 e. The highest BCUT2D eigenvalue weighted by atomic mass is 14.6. The zero-order valence-electron chi connectivity index (χ0n) is 8.52. The molecule has 0 saturated carbocycles. The van der Waals surface area contributed by atoms with E-state index in [4.69, 9.17) is 5.73 Å². The van der Waals surface area contributed by atoms with Crippen molar-refractivity contribution in [2.75, 3.05) is 0 Å². The lowest BCUT2D eigenvalue weighted by atomic mass is 9.97. The molecule has 2 N–H and O–H groups in total. The molecule has 0 bridgehead atoms. The van der Waals surface area contributed by atoms with Crippen LogP contribution in [0.2, 0.25) is 0 Å². The SMILES string of the molecule is C=C/C(C)=C(N)\C(=C/C)C(C)C. The Morgan fingerprint density at radius 1 is 1.42 bits per heavy atom. The Hall–Kier alpha value is -0.980. The van der Waals surface area contributed by atoms with Crippen molar-refractivity contribution in [2.24, 2.45) is 11.7 Å². The summed E-state index contributed by atoms with van der Waals surface area (Å²) in [5.41, 5.74) is 9.04. The molecule has 0 amide bonds. The first-order chi connectivity index (χ1) is 5.54. The van der Waals surface area contributed by atoms with Crippen LogP contribution in [0, 0.1) is 5.92 Å². The average Bonchev–Trinajstić information content (AvgIpc) is 2.03. The molecular weight excluding hydrogens is 146 g/mol. The first kappa shape index (κ1) is 11.0. The predicted molar refractivity (Wildman–Crippen MR) is 55.7 cm³/mol. The molecule has 1 nitrogen and oxygen atoms in total. The molecule has 0 rings (SSSR count). The fraction of sp³-hybridized carbons (Fsp3) is 0.455. The predicted octanol–water partition coefficient (Wildman–Crippen LogP) is 3.01. The average molecular weight is 165 g/mol. The first-order valence-corrected chi connectivity index (χ1v) is 4.29. The largest absolute Gasteiger partial charge is 0.398 e. The minimum Gasteiger partial charge on any atom is -0.398 e. The molecule has 0 fully saturated rings. The van der Waals surface area contributed by atoms with Crippen molar-refractivity contribution >= 4 is 0 Å². The van der Waals surface area contributed by atoms with Gasteiger partial charge in [-0.2, -0.15) is 0 Å². The summed E-state index contributed by atoms with van der Waals surface area (Å²) in [6, 6.07) is 0. The van der Waals surface area contributed by atoms with E-state index in [9.17, 15) is 0 Å². The van der Waals surface area contributed by atoms with E-state index in [1.807, 2.05) is 13.8 Å². The monoisotopic (exact) mass is 165 g/mol. The molecule has 0 aliphatic carbocycles. The van der Waals surface area contributed by atoms with Crippen molar-refractivity contribution in [3.63, 3.8) is 0 Å². The fourth-order valence-corrected chi connectivity index (χ4v) is 1.14. The van der Waals surface area contributed by atoms with E-state index in [0.717, 1.165) is 11.3 Å². The Kier molecular flexibility index (Phi) is 4.42. The Bertz CT molecular complexity index is 219. The van der Waals surface area contributed by atoms with Gasteiger partial charge in [-0.25, -0.2) is 0 Å². The van der Waals surface area contributed by atoms with Crippen LogP contribution >= 0.6 is 0 Å². The standard InChI is InChI=1S/C11H19N/c1-6-9(5)11(12)10(7-2)8(3)4/h6-8H,1,12H2,2-5H3/b10-7-,11-9+. The molecule has 0 heterocycles. The molecule has 0 atom stereocenters. The van der Waals surface area contributed by atoms with Gasteiger partial charge in [-0.1, -0.05) is 32.6 Å². The first-order valence-electron chi connectivity index (χ1n) is 4.29. The Morgan fingerprint density at radius 2 is 1.92 bits per heavy atom. The molecular formula is C11H19N. The van der Waals surface area contributed by atoms with E-state index in [0.29, 0.717) is 5.92 Å². The van der Waals surface area contributed by atoms with Crippen LogP contribution in [0.3, 0.4) is 0 Å². The second-order valence-corrected chi connectivity index (χ2v) is 3.20. The van der Waals surface area contributed by atoms with Gasteiger partial charge in [0, 0.05) is 5.70 Å². The minimum absolute atomic E-state index is 0.477. The van der Waals surface area contributed by atoms with Crippen molar-refractivity contribution in [2.45, 2.75) is 27.7 Å². The molecule has 0 aromatic carbocycles. The number of nitrogens with two attached hydrogens (primary N) is 1. The van der Waals surface area contributed by atoms with Crippen molar-refractivity contribution in [3.05, 3.63) is 35.6 Å². The molecule has 1 heteroatoms. The van der Waals surface area contributed by atoms with Gasteiger partial charge in [0.15, 0.2) is 0 Å². The zero-order valence-corrected chi connectivity index (χ0v) is 8.52. The number of rotatable bonds is 3. The Balaban J connectivity index is 4.89. The maximum atomic E-state index is 5.92. The summed E-state index contributed by atoms with van der Waals surface area (Å²) >= 11 is 0. The quantitative estimate of drug-likeness (QED) is 0.639. The fourth-order valence-electron chi connectivity index (χ4n) is 1.14. The van der Waals surface area contributed by atoms with Gasteiger partial charge in [-0.05, 0) is 30.9 Å². The maximum Gasteiger partial charge on any atom is 0.0375 e. The second-order valence-electron chi connectivity index (χ2n) is 3.20. The molecule has 0 radical (unpaired) electrons. The third-order valence-corrected chi connectivity index (χ3v) is 1.98. The summed E-state index contributed by atoms with van der Waals surface area (Å²) in [5, 5.41) is 0. The lowest BCUT2D eigenvalue weighted by Crippen LogP contribution is -2.08. The van der Waals surface area contributed by atoms with E-state index in [1.54, 1.807) is 6.08 Å². The number of hydrogen-bond donors (Lipinski definition) is 1. The van der Waals surface area contributed by atoms with Gasteiger partial charge < -0.3 is 5.73 Å². The lowest BCUT2D eigenvalue weighted by molar-refractivity contribution is 0.770. The highest BCUT2D eigenvalue weighted by molar-refractivity contribution is 5.36. The van der Waals surface area contributed by atoms with Crippen LogP contribution in [0.25, 0.3) is 0 Å². The van der Waals surface area contributed by atoms with Gasteiger partial charge in [-0.3, -0.25) is 0 Å². The zero-order chi connectivity index (χ0) is 9.72. The molecule has 12 heavy (non-hydrogen) atoms. The van der Waals surface area contributed by atoms with Gasteiger partial charge in [0.05, 0.1) is 0 Å². The van der Waals surface area contributed by atoms with Gasteiger partial charge in [0.2, 0.25) is 0 Å². The summed E-state index contributed by atoms with van der Waals surface area (Å²) < 4.78 is 0. The van der Waals surface area contributed by atoms with Gasteiger partial charge in [0.1, 0.15) is 0 Å². The van der Waals surface area contributed by atoms with E-state index in [-0.39, 0.29) is 0 Å². The normalized spacial score (nSPS) is 14.6. The summed E-state index contributed by atoms with van der Waals surface area (Å²) in [6.45, 7) is 12.0. The number of allylic oxidation sites excluding steroid dienone is 4. The van der Waals surface area contributed by atoms with Crippen LogP contribution in [-0.4, -0.2) is 0 Å². The maximum absolute atomic E-state index is 5.92. The van der Waals surface area contributed by atoms with Gasteiger partial charge in [-0.15, -0.1) is 0 Å². The van der Waals surface area contributed by atoms with Crippen LogP contribution in [0.5, 0.6) is 0 Å². The summed E-state index contributed by atoms with van der Waals surface area (Å²) in [7, 11) is 0. The van der Waals surface area contributed by atoms with Crippen LogP contribution < -0.4 is 5.73 Å². The molecule has 0 aliphatic rings. The van der Waals surface area contributed by atoms with Crippen LogP contribution in [0.15, 0.2) is 35.6 Å². The third kappa shape index (κ3) is 2.57. The third-order valence-electron chi connectivity index (χ3n) is 1.98. The van der Waals surface area contributed by atoms with E-state index < -0.39 is 0 Å². The molecule has 0 spiro atoms. The molecule has 0 unspecified atom stereocenters. The van der Waals surface area contributed by atoms with Crippen molar-refractivity contribution in [1.82, 2.24) is 0 Å². The van der Waals surface area contributed by atoms with Crippen LogP contribution in [0.1, 0.15) is 27.7 Å². The summed E-state index contributed by atoms with van der Waals surface area (Å²) in [5.74, 6) is 0.477. The van der Waals surface area contributed by atoms with E-state index >= 15 is 0 Å². The second kappa shape index (κ2) is 4.81. The van der Waals surface area contributed by atoms with Crippen LogP contribution in [0.4, 0.5) is 0 Å². The molecule has 0 aliphatic heterocycles. The summed E-state index contributed by atoms with van der Waals surface area (Å²) in [6.07, 6.45) is 3.86. The Morgan fingerprint density at radius 3 is 2.17 bits per heavy atom.